The smallest absolute Gasteiger partial charge is 0.118 e. The summed E-state index contributed by atoms with van der Waals surface area (Å²) < 4.78 is 5.21. The van der Waals surface area contributed by atoms with E-state index in [-0.39, 0.29) is 0 Å². The lowest BCUT2D eigenvalue weighted by molar-refractivity contribution is 0.415. The van der Waals surface area contributed by atoms with Gasteiger partial charge in [0.05, 0.1) is 7.11 Å². The first-order valence-electron chi connectivity index (χ1n) is 7.08. The number of rotatable bonds is 3. The van der Waals surface area contributed by atoms with E-state index in [0.717, 1.165) is 5.75 Å². The van der Waals surface area contributed by atoms with Gasteiger partial charge in [0.25, 0.3) is 0 Å². The highest BCUT2D eigenvalue weighted by atomic mass is 16.5. The second-order valence-electron chi connectivity index (χ2n) is 5.18. The van der Waals surface area contributed by atoms with E-state index in [1.54, 1.807) is 7.11 Å². The highest BCUT2D eigenvalue weighted by molar-refractivity contribution is 5.73. The van der Waals surface area contributed by atoms with Crippen LogP contribution in [0.15, 0.2) is 72.8 Å². The van der Waals surface area contributed by atoms with E-state index >= 15 is 0 Å². The maximum absolute atomic E-state index is 5.21. The molecular weight excluding hydrogens is 256 g/mol. The van der Waals surface area contributed by atoms with E-state index in [1.807, 2.05) is 12.1 Å². The molecule has 1 heteroatoms. The summed E-state index contributed by atoms with van der Waals surface area (Å²) in [5.74, 6) is 0.883. The molecule has 0 aliphatic carbocycles. The zero-order valence-electron chi connectivity index (χ0n) is 12.3. The van der Waals surface area contributed by atoms with Crippen molar-refractivity contribution in [3.8, 4) is 28.0 Å². The lowest BCUT2D eigenvalue weighted by Crippen LogP contribution is -1.84. The minimum atomic E-state index is 0.883. The molecule has 3 aromatic rings. The molecule has 0 atom stereocenters. The van der Waals surface area contributed by atoms with Crippen molar-refractivity contribution in [3.05, 3.63) is 78.4 Å². The molecule has 0 saturated carbocycles. The molecule has 3 aromatic carbocycles. The minimum absolute atomic E-state index is 0.883. The van der Waals surface area contributed by atoms with Crippen LogP contribution in [0.5, 0.6) is 5.75 Å². The first kappa shape index (κ1) is 13.4. The number of methoxy groups -OCH3 is 1. The van der Waals surface area contributed by atoms with Crippen LogP contribution < -0.4 is 4.74 Å². The van der Waals surface area contributed by atoms with E-state index in [9.17, 15) is 0 Å². The summed E-state index contributed by atoms with van der Waals surface area (Å²) in [5.41, 5.74) is 6.19. The average molecular weight is 274 g/mol. The molecule has 0 aliphatic rings. The van der Waals surface area contributed by atoms with Gasteiger partial charge in [-0.2, -0.15) is 0 Å². The zero-order chi connectivity index (χ0) is 14.7. The molecule has 0 aliphatic heterocycles. The van der Waals surface area contributed by atoms with Gasteiger partial charge < -0.3 is 4.74 Å². The Morgan fingerprint density at radius 2 is 1.14 bits per heavy atom. The highest BCUT2D eigenvalue weighted by Gasteiger charge is 2.02. The van der Waals surface area contributed by atoms with Gasteiger partial charge in [-0.15, -0.1) is 0 Å². The van der Waals surface area contributed by atoms with Crippen molar-refractivity contribution in [3.63, 3.8) is 0 Å². The summed E-state index contributed by atoms with van der Waals surface area (Å²) in [6.45, 7) is 2.11. The Labute approximate surface area is 125 Å². The van der Waals surface area contributed by atoms with Crippen molar-refractivity contribution in [1.29, 1.82) is 0 Å². The van der Waals surface area contributed by atoms with Crippen LogP contribution in [0.4, 0.5) is 0 Å². The van der Waals surface area contributed by atoms with Gasteiger partial charge in [0.15, 0.2) is 0 Å². The number of benzene rings is 3. The van der Waals surface area contributed by atoms with E-state index in [4.69, 9.17) is 4.74 Å². The average Bonchev–Trinajstić information content (AvgIpc) is 2.56. The summed E-state index contributed by atoms with van der Waals surface area (Å²) in [5, 5.41) is 0. The molecule has 1 nitrogen and oxygen atoms in total. The fourth-order valence-corrected chi connectivity index (χ4v) is 2.41. The minimum Gasteiger partial charge on any atom is -0.497 e. The second-order valence-corrected chi connectivity index (χ2v) is 5.18. The molecule has 0 radical (unpaired) electrons. The van der Waals surface area contributed by atoms with Gasteiger partial charge >= 0.3 is 0 Å². The Morgan fingerprint density at radius 1 is 0.619 bits per heavy atom. The third kappa shape index (κ3) is 2.97. The summed E-state index contributed by atoms with van der Waals surface area (Å²) in [6.07, 6.45) is 0. The maximum Gasteiger partial charge on any atom is 0.118 e. The van der Waals surface area contributed by atoms with Crippen molar-refractivity contribution in [2.45, 2.75) is 6.92 Å². The lowest BCUT2D eigenvalue weighted by Gasteiger charge is -2.07. The third-order valence-corrected chi connectivity index (χ3v) is 3.67. The Morgan fingerprint density at radius 3 is 1.67 bits per heavy atom. The van der Waals surface area contributed by atoms with Gasteiger partial charge in [0, 0.05) is 0 Å². The number of hydrogen-bond acceptors (Lipinski definition) is 1. The Balaban J connectivity index is 1.97. The molecule has 0 N–H and O–H groups in total. The first-order valence-corrected chi connectivity index (χ1v) is 7.08. The summed E-state index contributed by atoms with van der Waals surface area (Å²) in [6, 6.07) is 25.4. The van der Waals surface area contributed by atoms with E-state index in [0.29, 0.717) is 0 Å². The summed E-state index contributed by atoms with van der Waals surface area (Å²) >= 11 is 0. The van der Waals surface area contributed by atoms with Crippen LogP contribution in [-0.2, 0) is 0 Å². The van der Waals surface area contributed by atoms with Crippen LogP contribution in [0.25, 0.3) is 22.3 Å². The van der Waals surface area contributed by atoms with Crippen LogP contribution in [0.3, 0.4) is 0 Å². The van der Waals surface area contributed by atoms with Gasteiger partial charge in [-0.3, -0.25) is 0 Å². The lowest BCUT2D eigenvalue weighted by atomic mass is 9.98. The molecular formula is C20H18O. The molecule has 0 saturated heterocycles. The largest absolute Gasteiger partial charge is 0.497 e. The normalized spacial score (nSPS) is 10.4. The standard InChI is InChI=1S/C20H18O/c1-15-6-8-16(9-7-15)18-4-3-5-19(14-18)17-10-12-20(21-2)13-11-17/h3-14H,1-2H3. The first-order chi connectivity index (χ1) is 10.3. The quantitative estimate of drug-likeness (QED) is 0.626. The van der Waals surface area contributed by atoms with Gasteiger partial charge in [-0.1, -0.05) is 60.2 Å². The number of hydrogen-bond donors (Lipinski definition) is 0. The summed E-state index contributed by atoms with van der Waals surface area (Å²) in [7, 11) is 1.69. The fraction of sp³-hybridized carbons (Fsp3) is 0.100. The van der Waals surface area contributed by atoms with Crippen molar-refractivity contribution < 1.29 is 4.74 Å². The van der Waals surface area contributed by atoms with Crippen molar-refractivity contribution >= 4 is 0 Å². The van der Waals surface area contributed by atoms with E-state index in [1.165, 1.54) is 27.8 Å². The molecule has 0 aromatic heterocycles. The number of ether oxygens (including phenoxy) is 1. The monoisotopic (exact) mass is 274 g/mol. The van der Waals surface area contributed by atoms with Gasteiger partial charge in [0.1, 0.15) is 5.75 Å². The van der Waals surface area contributed by atoms with Gasteiger partial charge in [0.2, 0.25) is 0 Å². The molecule has 0 bridgehead atoms. The predicted octanol–water partition coefficient (Wildman–Crippen LogP) is 5.34. The van der Waals surface area contributed by atoms with Crippen LogP contribution in [0.2, 0.25) is 0 Å². The predicted molar refractivity (Wildman–Crippen MR) is 88.6 cm³/mol. The molecule has 3 rings (SSSR count). The van der Waals surface area contributed by atoms with Crippen LogP contribution >= 0.6 is 0 Å². The van der Waals surface area contributed by atoms with Gasteiger partial charge in [-0.05, 0) is 47.4 Å². The molecule has 21 heavy (non-hydrogen) atoms. The molecule has 0 heterocycles. The summed E-state index contributed by atoms with van der Waals surface area (Å²) in [4.78, 5) is 0. The van der Waals surface area contributed by atoms with Gasteiger partial charge in [-0.25, -0.2) is 0 Å². The second kappa shape index (κ2) is 5.84. The van der Waals surface area contributed by atoms with Crippen molar-refractivity contribution in [2.75, 3.05) is 7.11 Å². The topological polar surface area (TPSA) is 9.23 Å². The highest BCUT2D eigenvalue weighted by Crippen LogP contribution is 2.27. The van der Waals surface area contributed by atoms with E-state index < -0.39 is 0 Å². The molecule has 0 spiro atoms. The fourth-order valence-electron chi connectivity index (χ4n) is 2.41. The number of aryl methyl sites for hydroxylation is 1. The van der Waals surface area contributed by atoms with E-state index in [2.05, 4.69) is 67.6 Å². The Hall–Kier alpha value is -2.54. The maximum atomic E-state index is 5.21. The van der Waals surface area contributed by atoms with Crippen LogP contribution in [0.1, 0.15) is 5.56 Å². The van der Waals surface area contributed by atoms with Crippen LogP contribution in [-0.4, -0.2) is 7.11 Å². The molecule has 0 amide bonds. The Kier molecular flexibility index (Phi) is 3.74. The van der Waals surface area contributed by atoms with Crippen molar-refractivity contribution in [1.82, 2.24) is 0 Å². The third-order valence-electron chi connectivity index (χ3n) is 3.67. The molecule has 0 unspecified atom stereocenters. The SMILES string of the molecule is COc1ccc(-c2cccc(-c3ccc(C)cc3)c2)cc1. The zero-order valence-corrected chi connectivity index (χ0v) is 12.3. The van der Waals surface area contributed by atoms with Crippen molar-refractivity contribution in [2.24, 2.45) is 0 Å². The molecule has 104 valence electrons. The Bertz CT molecular complexity index is 725. The van der Waals surface area contributed by atoms with Crippen LogP contribution in [0, 0.1) is 6.92 Å². The molecule has 0 fully saturated rings.